The van der Waals surface area contributed by atoms with Crippen LogP contribution in [0.15, 0.2) is 67.0 Å². The van der Waals surface area contributed by atoms with Gasteiger partial charge < -0.3 is 15.7 Å². The summed E-state index contributed by atoms with van der Waals surface area (Å²) in [4.78, 5) is 29.6. The summed E-state index contributed by atoms with van der Waals surface area (Å²) < 4.78 is 14.8. The van der Waals surface area contributed by atoms with E-state index in [-0.39, 0.29) is 17.5 Å². The highest BCUT2D eigenvalue weighted by Crippen LogP contribution is 2.25. The van der Waals surface area contributed by atoms with Crippen LogP contribution in [0.25, 0.3) is 11.1 Å². The van der Waals surface area contributed by atoms with Gasteiger partial charge in [-0.1, -0.05) is 31.0 Å². The molecule has 0 saturated heterocycles. The fourth-order valence-electron chi connectivity index (χ4n) is 4.29. The van der Waals surface area contributed by atoms with Crippen molar-refractivity contribution < 1.29 is 19.1 Å². The Hall–Kier alpha value is -3.58. The number of pyridine rings is 1. The van der Waals surface area contributed by atoms with Crippen molar-refractivity contribution in [2.75, 3.05) is 6.61 Å². The van der Waals surface area contributed by atoms with Crippen LogP contribution in [0.5, 0.6) is 0 Å². The van der Waals surface area contributed by atoms with E-state index in [0.29, 0.717) is 16.7 Å². The Bertz CT molecular complexity index is 1180. The monoisotopic (exact) mass is 461 g/mol. The lowest BCUT2D eigenvalue weighted by atomic mass is 9.90. The number of aliphatic hydroxyl groups excluding tert-OH is 1. The predicted molar refractivity (Wildman–Crippen MR) is 128 cm³/mol. The topological polar surface area (TPSA) is 91.3 Å². The summed E-state index contributed by atoms with van der Waals surface area (Å²) in [7, 11) is 0. The molecule has 6 nitrogen and oxygen atoms in total. The molecule has 1 saturated carbocycles. The fourth-order valence-corrected chi connectivity index (χ4v) is 4.29. The number of halogens is 1. The number of hydrogen-bond acceptors (Lipinski definition) is 4. The maximum Gasteiger partial charge on any atom is 0.255 e. The molecule has 0 radical (unpaired) electrons. The van der Waals surface area contributed by atoms with Crippen molar-refractivity contribution in [1.82, 2.24) is 15.6 Å². The van der Waals surface area contributed by atoms with Gasteiger partial charge in [0.15, 0.2) is 0 Å². The van der Waals surface area contributed by atoms with Crippen LogP contribution >= 0.6 is 0 Å². The Morgan fingerprint density at radius 1 is 1.03 bits per heavy atom. The quantitative estimate of drug-likeness (QED) is 0.492. The van der Waals surface area contributed by atoms with E-state index >= 15 is 0 Å². The number of rotatable bonds is 7. The van der Waals surface area contributed by atoms with E-state index in [9.17, 15) is 19.1 Å². The Morgan fingerprint density at radius 3 is 2.44 bits per heavy atom. The number of amides is 2. The molecule has 1 heterocycles. The molecule has 4 rings (SSSR count). The molecule has 0 spiro atoms. The molecule has 2 amide bonds. The van der Waals surface area contributed by atoms with Crippen LogP contribution in [-0.4, -0.2) is 34.6 Å². The highest BCUT2D eigenvalue weighted by molar-refractivity contribution is 5.96. The zero-order chi connectivity index (χ0) is 24.1. The molecule has 2 aromatic carbocycles. The summed E-state index contributed by atoms with van der Waals surface area (Å²) in [6, 6.07) is 14.9. The second kappa shape index (κ2) is 10.1. The third-order valence-corrected chi connectivity index (χ3v) is 6.39. The first kappa shape index (κ1) is 23.6. The number of carbonyl (C=O) groups excluding carboxylic acids is 2. The molecule has 34 heavy (non-hydrogen) atoms. The molecule has 7 heteroatoms. The molecule has 3 aromatic rings. The van der Waals surface area contributed by atoms with E-state index in [1.54, 1.807) is 61.8 Å². The minimum absolute atomic E-state index is 0.132. The first-order chi connectivity index (χ1) is 16.4. The normalized spacial score (nSPS) is 15.5. The minimum Gasteiger partial charge on any atom is -0.394 e. The van der Waals surface area contributed by atoms with Crippen LogP contribution < -0.4 is 10.6 Å². The Labute approximate surface area is 198 Å². The van der Waals surface area contributed by atoms with E-state index in [4.69, 9.17) is 0 Å². The van der Waals surface area contributed by atoms with Gasteiger partial charge in [-0.25, -0.2) is 4.39 Å². The molecule has 1 atom stereocenters. The lowest BCUT2D eigenvalue weighted by molar-refractivity contribution is 0.0845. The van der Waals surface area contributed by atoms with Gasteiger partial charge in [0, 0.05) is 24.0 Å². The maximum absolute atomic E-state index is 14.8. The number of hydrogen-bond donors (Lipinski definition) is 3. The highest BCUT2D eigenvalue weighted by atomic mass is 19.1. The van der Waals surface area contributed by atoms with E-state index in [2.05, 4.69) is 15.6 Å². The van der Waals surface area contributed by atoms with Gasteiger partial charge in [0.2, 0.25) is 0 Å². The number of aromatic nitrogens is 1. The molecule has 1 fully saturated rings. The fraction of sp³-hybridized carbons (Fsp3) is 0.296. The number of nitrogens with zero attached hydrogens (tertiary/aromatic N) is 1. The predicted octanol–water partition coefficient (Wildman–Crippen LogP) is 4.20. The van der Waals surface area contributed by atoms with Gasteiger partial charge >= 0.3 is 0 Å². The van der Waals surface area contributed by atoms with Crippen molar-refractivity contribution in [3.05, 3.63) is 89.5 Å². The van der Waals surface area contributed by atoms with Crippen LogP contribution in [0.2, 0.25) is 0 Å². The summed E-state index contributed by atoms with van der Waals surface area (Å²) >= 11 is 0. The van der Waals surface area contributed by atoms with E-state index < -0.39 is 23.9 Å². The maximum atomic E-state index is 14.8. The van der Waals surface area contributed by atoms with Crippen LogP contribution in [0.4, 0.5) is 4.39 Å². The van der Waals surface area contributed by atoms with Crippen molar-refractivity contribution >= 4 is 11.8 Å². The van der Waals surface area contributed by atoms with Gasteiger partial charge in [0.05, 0.1) is 17.7 Å². The summed E-state index contributed by atoms with van der Waals surface area (Å²) in [5, 5.41) is 15.9. The molecule has 1 aliphatic carbocycles. The molecular formula is C27H28FN3O3. The Kier molecular flexibility index (Phi) is 7.03. The summed E-state index contributed by atoms with van der Waals surface area (Å²) in [5.41, 5.74) is 1.07. The third-order valence-electron chi connectivity index (χ3n) is 6.39. The van der Waals surface area contributed by atoms with Crippen LogP contribution in [0.3, 0.4) is 0 Å². The molecule has 1 aromatic heterocycles. The molecule has 0 unspecified atom stereocenters. The molecule has 3 N–H and O–H groups in total. The average molecular weight is 462 g/mol. The highest BCUT2D eigenvalue weighted by Gasteiger charge is 2.30. The molecular weight excluding hydrogens is 433 g/mol. The van der Waals surface area contributed by atoms with Crippen molar-refractivity contribution in [2.45, 2.75) is 44.2 Å². The van der Waals surface area contributed by atoms with Gasteiger partial charge in [0.1, 0.15) is 5.82 Å². The second-order valence-corrected chi connectivity index (χ2v) is 8.91. The lowest BCUT2D eigenvalue weighted by Gasteiger charge is -2.30. The standard InChI is InChI=1S/C27H28FN3O3/c1-27(17-32,21-6-4-5-20(15-21)25(33)30-22-7-2-3-8-22)31-26(34)23-10-9-19(16-24(23)28)18-11-13-29-14-12-18/h4-6,9-16,22,32H,2-3,7-8,17H2,1H3,(H,30,33)(H,31,34)/t27-/m0/s1. The third kappa shape index (κ3) is 5.15. The number of nitrogens with one attached hydrogen (secondary N) is 2. The number of aliphatic hydroxyl groups is 1. The first-order valence-corrected chi connectivity index (χ1v) is 11.4. The summed E-state index contributed by atoms with van der Waals surface area (Å²) in [5.74, 6) is -1.51. The van der Waals surface area contributed by atoms with Crippen molar-refractivity contribution in [3.8, 4) is 11.1 Å². The first-order valence-electron chi connectivity index (χ1n) is 11.4. The molecule has 1 aliphatic rings. The summed E-state index contributed by atoms with van der Waals surface area (Å²) in [6.45, 7) is 1.21. The zero-order valence-electron chi connectivity index (χ0n) is 19.1. The van der Waals surface area contributed by atoms with Gasteiger partial charge in [-0.05, 0) is 72.9 Å². The van der Waals surface area contributed by atoms with Crippen LogP contribution in [0, 0.1) is 5.82 Å². The molecule has 0 aliphatic heterocycles. The van der Waals surface area contributed by atoms with E-state index in [1.807, 2.05) is 0 Å². The van der Waals surface area contributed by atoms with Crippen molar-refractivity contribution in [3.63, 3.8) is 0 Å². The van der Waals surface area contributed by atoms with Crippen LogP contribution in [-0.2, 0) is 5.54 Å². The van der Waals surface area contributed by atoms with Gasteiger partial charge in [-0.3, -0.25) is 14.6 Å². The largest absolute Gasteiger partial charge is 0.394 e. The summed E-state index contributed by atoms with van der Waals surface area (Å²) in [6.07, 6.45) is 7.40. The molecule has 0 bridgehead atoms. The second-order valence-electron chi connectivity index (χ2n) is 8.91. The van der Waals surface area contributed by atoms with Gasteiger partial charge in [0.25, 0.3) is 11.8 Å². The van der Waals surface area contributed by atoms with Crippen molar-refractivity contribution in [2.24, 2.45) is 0 Å². The van der Waals surface area contributed by atoms with Gasteiger partial charge in [-0.2, -0.15) is 0 Å². The minimum atomic E-state index is -1.21. The lowest BCUT2D eigenvalue weighted by Crippen LogP contribution is -2.46. The van der Waals surface area contributed by atoms with Crippen LogP contribution in [0.1, 0.15) is 58.9 Å². The number of carbonyl (C=O) groups is 2. The number of benzene rings is 2. The van der Waals surface area contributed by atoms with E-state index in [0.717, 1.165) is 31.2 Å². The van der Waals surface area contributed by atoms with E-state index in [1.165, 1.54) is 12.1 Å². The Balaban J connectivity index is 1.52. The van der Waals surface area contributed by atoms with Crippen molar-refractivity contribution in [1.29, 1.82) is 0 Å². The smallest absolute Gasteiger partial charge is 0.255 e. The van der Waals surface area contributed by atoms with Gasteiger partial charge in [-0.15, -0.1) is 0 Å². The SMILES string of the molecule is C[C@@](CO)(NC(=O)c1ccc(-c2ccncc2)cc1F)c1cccc(C(=O)NC2CCCC2)c1. The Morgan fingerprint density at radius 2 is 1.76 bits per heavy atom. The zero-order valence-corrected chi connectivity index (χ0v) is 19.1. The molecule has 176 valence electrons. The average Bonchev–Trinajstić information content (AvgIpc) is 3.37.